The summed E-state index contributed by atoms with van der Waals surface area (Å²) in [7, 11) is 0. The predicted octanol–water partition coefficient (Wildman–Crippen LogP) is 1.60. The lowest BCUT2D eigenvalue weighted by atomic mass is 10.0. The molecule has 2 atom stereocenters. The number of hydrogen-bond donors (Lipinski definition) is 0. The van der Waals surface area contributed by atoms with Crippen LogP contribution in [0.3, 0.4) is 0 Å². The Hall–Kier alpha value is -2.21. The zero-order valence-corrected chi connectivity index (χ0v) is 13.6. The lowest BCUT2D eigenvalue weighted by molar-refractivity contribution is -0.137. The Kier molecular flexibility index (Phi) is 4.06. The summed E-state index contributed by atoms with van der Waals surface area (Å²) in [5, 5.41) is 0.632. The molecule has 3 heterocycles. The van der Waals surface area contributed by atoms with Crippen molar-refractivity contribution < 1.29 is 9.53 Å². The number of aromatic nitrogens is 2. The highest BCUT2D eigenvalue weighted by molar-refractivity contribution is 5.79. The largest absolute Gasteiger partial charge is 0.381 e. The highest BCUT2D eigenvalue weighted by atomic mass is 16.5. The number of fused-ring (bicyclic) bond motifs is 1. The Morgan fingerprint density at radius 3 is 2.96 bits per heavy atom. The predicted molar refractivity (Wildman–Crippen MR) is 89.8 cm³/mol. The zero-order chi connectivity index (χ0) is 16.5. The summed E-state index contributed by atoms with van der Waals surface area (Å²) >= 11 is 0. The van der Waals surface area contributed by atoms with E-state index >= 15 is 0 Å². The molecule has 0 radical (unpaired) electrons. The van der Waals surface area contributed by atoms with Gasteiger partial charge in [-0.1, -0.05) is 12.1 Å². The summed E-state index contributed by atoms with van der Waals surface area (Å²) in [5.41, 5.74) is 0.690. The number of nitrogens with zero attached hydrogens (tertiary/aromatic N) is 3. The third-order valence-corrected chi connectivity index (χ3v) is 5.07. The van der Waals surface area contributed by atoms with Gasteiger partial charge in [0.1, 0.15) is 0 Å². The molecule has 0 aliphatic carbocycles. The van der Waals surface area contributed by atoms with Crippen LogP contribution in [-0.4, -0.2) is 46.7 Å². The second kappa shape index (κ2) is 6.36. The van der Waals surface area contributed by atoms with Crippen LogP contribution < -0.4 is 5.56 Å². The topological polar surface area (TPSA) is 64.4 Å². The first-order valence-electron chi connectivity index (χ1n) is 8.56. The molecule has 2 fully saturated rings. The molecule has 0 spiro atoms. The van der Waals surface area contributed by atoms with Gasteiger partial charge in [-0.15, -0.1) is 0 Å². The summed E-state index contributed by atoms with van der Waals surface area (Å²) < 4.78 is 7.04. The first-order chi connectivity index (χ1) is 11.7. The number of carbonyl (C=O) groups is 1. The van der Waals surface area contributed by atoms with E-state index in [0.29, 0.717) is 30.7 Å². The second-order valence-corrected chi connectivity index (χ2v) is 6.61. The van der Waals surface area contributed by atoms with Gasteiger partial charge in [0.25, 0.3) is 5.56 Å². The van der Waals surface area contributed by atoms with Crippen molar-refractivity contribution >= 4 is 16.8 Å². The van der Waals surface area contributed by atoms with Crippen molar-refractivity contribution in [2.45, 2.75) is 25.3 Å². The van der Waals surface area contributed by atoms with Crippen LogP contribution in [0, 0.1) is 5.92 Å². The molecule has 2 aliphatic rings. The minimum absolute atomic E-state index is 0.00497. The summed E-state index contributed by atoms with van der Waals surface area (Å²) in [6.45, 7) is 2.54. The summed E-state index contributed by atoms with van der Waals surface area (Å²) in [6, 6.07) is 7.38. The van der Waals surface area contributed by atoms with E-state index in [9.17, 15) is 9.59 Å². The van der Waals surface area contributed by atoms with Crippen molar-refractivity contribution in [1.82, 2.24) is 14.5 Å². The fraction of sp³-hybridized carbons (Fsp3) is 0.500. The summed E-state index contributed by atoms with van der Waals surface area (Å²) in [5.74, 6) is 0.147. The Labute approximate surface area is 140 Å². The number of rotatable bonds is 2. The second-order valence-electron chi connectivity index (χ2n) is 6.61. The van der Waals surface area contributed by atoms with Gasteiger partial charge < -0.3 is 9.64 Å². The highest BCUT2D eigenvalue weighted by Crippen LogP contribution is 2.24. The van der Waals surface area contributed by atoms with Crippen molar-refractivity contribution in [2.24, 2.45) is 5.92 Å². The standard InChI is InChI=1S/C18H21N3O3/c22-17(13-7-9-24-11-13)20-8-3-4-14(10-20)21-12-19-16-6-2-1-5-15(16)18(21)23/h1-2,5-6,12-14H,3-4,7-11H2/t13-,14-/m0/s1. The van der Waals surface area contributed by atoms with Gasteiger partial charge in [0.2, 0.25) is 5.91 Å². The number of amides is 1. The Bertz CT molecular complexity index is 811. The first kappa shape index (κ1) is 15.3. The SMILES string of the molecule is O=C([C@H]1CCOC1)N1CCC[C@H](n2cnc3ccccc3c2=O)C1. The van der Waals surface area contributed by atoms with E-state index < -0.39 is 0 Å². The van der Waals surface area contributed by atoms with Crippen LogP contribution in [0.15, 0.2) is 35.4 Å². The molecule has 6 nitrogen and oxygen atoms in total. The monoisotopic (exact) mass is 327 g/mol. The minimum atomic E-state index is -0.0240. The van der Waals surface area contributed by atoms with Crippen molar-refractivity contribution in [3.05, 3.63) is 40.9 Å². The van der Waals surface area contributed by atoms with Crippen LogP contribution in [0.5, 0.6) is 0 Å². The van der Waals surface area contributed by atoms with Gasteiger partial charge >= 0.3 is 0 Å². The van der Waals surface area contributed by atoms with E-state index in [-0.39, 0.29) is 23.4 Å². The fourth-order valence-electron chi connectivity index (χ4n) is 3.71. The number of ether oxygens (including phenoxy) is 1. The number of likely N-dealkylation sites (tertiary alicyclic amines) is 1. The van der Waals surface area contributed by atoms with Gasteiger partial charge in [0, 0.05) is 19.7 Å². The molecule has 0 unspecified atom stereocenters. The van der Waals surface area contributed by atoms with Crippen molar-refractivity contribution in [2.75, 3.05) is 26.3 Å². The van der Waals surface area contributed by atoms with E-state index in [1.165, 1.54) is 0 Å². The molecular weight excluding hydrogens is 306 g/mol. The fourth-order valence-corrected chi connectivity index (χ4v) is 3.71. The van der Waals surface area contributed by atoms with E-state index in [0.717, 1.165) is 25.8 Å². The number of piperidine rings is 1. The van der Waals surface area contributed by atoms with Crippen LogP contribution in [-0.2, 0) is 9.53 Å². The van der Waals surface area contributed by atoms with Gasteiger partial charge in [-0.3, -0.25) is 14.2 Å². The lowest BCUT2D eigenvalue weighted by Crippen LogP contribution is -2.45. The molecule has 1 amide bonds. The van der Waals surface area contributed by atoms with Gasteiger partial charge in [-0.2, -0.15) is 0 Å². The van der Waals surface area contributed by atoms with Gasteiger partial charge in [0.05, 0.1) is 35.8 Å². The lowest BCUT2D eigenvalue weighted by Gasteiger charge is -2.34. The number of para-hydroxylation sites is 1. The van der Waals surface area contributed by atoms with Crippen LogP contribution in [0.2, 0.25) is 0 Å². The van der Waals surface area contributed by atoms with Crippen molar-refractivity contribution in [3.63, 3.8) is 0 Å². The van der Waals surface area contributed by atoms with Gasteiger partial charge in [0.15, 0.2) is 0 Å². The van der Waals surface area contributed by atoms with Crippen molar-refractivity contribution in [1.29, 1.82) is 0 Å². The molecule has 0 saturated carbocycles. The maximum absolute atomic E-state index is 12.8. The molecule has 4 rings (SSSR count). The summed E-state index contributed by atoms with van der Waals surface area (Å²) in [4.78, 5) is 31.7. The number of hydrogen-bond acceptors (Lipinski definition) is 4. The number of benzene rings is 1. The molecule has 6 heteroatoms. The van der Waals surface area contributed by atoms with Crippen LogP contribution in [0.1, 0.15) is 25.3 Å². The average Bonchev–Trinajstić information content (AvgIpc) is 3.16. The molecule has 2 saturated heterocycles. The highest BCUT2D eigenvalue weighted by Gasteiger charge is 2.32. The van der Waals surface area contributed by atoms with Crippen LogP contribution >= 0.6 is 0 Å². The molecule has 0 bridgehead atoms. The van der Waals surface area contributed by atoms with E-state index in [1.807, 2.05) is 29.2 Å². The van der Waals surface area contributed by atoms with Crippen molar-refractivity contribution in [3.8, 4) is 0 Å². The maximum Gasteiger partial charge on any atom is 0.261 e. The quantitative estimate of drug-likeness (QED) is 0.840. The Balaban J connectivity index is 1.59. The van der Waals surface area contributed by atoms with Crippen LogP contribution in [0.25, 0.3) is 10.9 Å². The third kappa shape index (κ3) is 2.71. The van der Waals surface area contributed by atoms with E-state index in [1.54, 1.807) is 10.9 Å². The molecule has 0 N–H and O–H groups in total. The normalized spacial score (nSPS) is 24.4. The molecule has 126 valence electrons. The average molecular weight is 327 g/mol. The van der Waals surface area contributed by atoms with Gasteiger partial charge in [-0.25, -0.2) is 4.98 Å². The molecular formula is C18H21N3O3. The molecule has 2 aliphatic heterocycles. The molecule has 24 heavy (non-hydrogen) atoms. The van der Waals surface area contributed by atoms with E-state index in [4.69, 9.17) is 4.74 Å². The molecule has 2 aromatic rings. The van der Waals surface area contributed by atoms with Gasteiger partial charge in [-0.05, 0) is 31.4 Å². The Morgan fingerprint density at radius 1 is 1.25 bits per heavy atom. The summed E-state index contributed by atoms with van der Waals surface area (Å²) in [6.07, 6.45) is 4.23. The number of carbonyl (C=O) groups excluding carboxylic acids is 1. The molecule has 1 aromatic heterocycles. The maximum atomic E-state index is 12.8. The minimum Gasteiger partial charge on any atom is -0.381 e. The first-order valence-corrected chi connectivity index (χ1v) is 8.56. The Morgan fingerprint density at radius 2 is 2.12 bits per heavy atom. The van der Waals surface area contributed by atoms with E-state index in [2.05, 4.69) is 4.98 Å². The smallest absolute Gasteiger partial charge is 0.261 e. The van der Waals surface area contributed by atoms with Crippen LogP contribution in [0.4, 0.5) is 0 Å². The third-order valence-electron chi connectivity index (χ3n) is 5.07. The zero-order valence-electron chi connectivity index (χ0n) is 13.6. The molecule has 1 aromatic carbocycles.